The van der Waals surface area contributed by atoms with E-state index < -0.39 is 0 Å². The fourth-order valence-corrected chi connectivity index (χ4v) is 11.8. The molecule has 0 amide bonds. The Morgan fingerprint density at radius 1 is 0.268 bits per heavy atom. The molecule has 2 aliphatic rings. The first-order chi connectivity index (χ1) is 35.2. The second-order valence-electron chi connectivity index (χ2n) is 19.2. The lowest BCUT2D eigenvalue weighted by Gasteiger charge is -2.29. The van der Waals surface area contributed by atoms with E-state index in [1.807, 2.05) is 0 Å². The quantitative estimate of drug-likeness (QED) is 0.105. The van der Waals surface area contributed by atoms with Crippen molar-refractivity contribution in [3.63, 3.8) is 0 Å². The first kappa shape index (κ1) is 42.5. The van der Waals surface area contributed by atoms with Crippen LogP contribution in [0.15, 0.2) is 267 Å². The predicted molar refractivity (Wildman–Crippen MR) is 305 cm³/mol. The van der Waals surface area contributed by atoms with Crippen LogP contribution in [0, 0.1) is 6.42 Å². The second-order valence-corrected chi connectivity index (χ2v) is 19.2. The van der Waals surface area contributed by atoms with Gasteiger partial charge in [0.25, 0.3) is 0 Å². The normalized spacial score (nSPS) is 15.6. The Bertz CT molecular complexity index is 3770. The summed E-state index contributed by atoms with van der Waals surface area (Å²) in [5.41, 5.74) is 17.7. The van der Waals surface area contributed by atoms with Gasteiger partial charge in [0.15, 0.2) is 0 Å². The molecule has 0 saturated carbocycles. The van der Waals surface area contributed by atoms with Crippen molar-refractivity contribution in [1.29, 1.82) is 0 Å². The summed E-state index contributed by atoms with van der Waals surface area (Å²) >= 11 is 0. The lowest BCUT2D eigenvalue weighted by molar-refractivity contribution is 0.609. The molecule has 0 heterocycles. The Morgan fingerprint density at radius 2 is 0.592 bits per heavy atom. The van der Waals surface area contributed by atoms with Gasteiger partial charge in [-0.05, 0) is 170 Å². The highest BCUT2D eigenvalue weighted by molar-refractivity contribution is 6.17. The van der Waals surface area contributed by atoms with Crippen LogP contribution >= 0.6 is 0 Å². The third-order valence-corrected chi connectivity index (χ3v) is 15.0. The first-order valence-electron chi connectivity index (χ1n) is 25.1. The minimum atomic E-state index is 0.263. The van der Waals surface area contributed by atoms with Crippen LogP contribution in [0.5, 0.6) is 0 Å². The minimum Gasteiger partial charge on any atom is -0.0803 e. The molecule has 0 aliphatic heterocycles. The monoisotopic (exact) mass is 903 g/mol. The molecule has 335 valence electrons. The van der Waals surface area contributed by atoms with Gasteiger partial charge in [0.2, 0.25) is 0 Å². The molecule has 11 aromatic carbocycles. The van der Waals surface area contributed by atoms with Crippen LogP contribution in [0.2, 0.25) is 0 Å². The molecule has 2 unspecified atom stereocenters. The van der Waals surface area contributed by atoms with Gasteiger partial charge in [0.05, 0.1) is 0 Å². The Kier molecular flexibility index (Phi) is 11.0. The number of hydrogen-bond acceptors (Lipinski definition) is 0. The van der Waals surface area contributed by atoms with E-state index in [2.05, 4.69) is 273 Å². The highest BCUT2D eigenvalue weighted by atomic mass is 14.3. The largest absolute Gasteiger partial charge is 0.0803 e. The van der Waals surface area contributed by atoms with Crippen LogP contribution in [0.3, 0.4) is 0 Å². The molecule has 2 atom stereocenters. The summed E-state index contributed by atoms with van der Waals surface area (Å²) in [6.07, 6.45) is 20.1. The maximum absolute atomic E-state index is 2.55. The number of benzene rings is 11. The molecule has 0 saturated heterocycles. The van der Waals surface area contributed by atoms with Gasteiger partial charge >= 0.3 is 0 Å². The van der Waals surface area contributed by atoms with Gasteiger partial charge in [-0.2, -0.15) is 0 Å². The van der Waals surface area contributed by atoms with Crippen molar-refractivity contribution in [2.45, 2.75) is 24.7 Å². The van der Waals surface area contributed by atoms with Crippen molar-refractivity contribution in [3.8, 4) is 55.6 Å². The van der Waals surface area contributed by atoms with E-state index in [4.69, 9.17) is 0 Å². The van der Waals surface area contributed by atoms with Crippen LogP contribution in [0.25, 0.3) is 104 Å². The molecule has 0 heteroatoms. The number of allylic oxidation sites excluding steroid dienone is 8. The zero-order chi connectivity index (χ0) is 47.1. The van der Waals surface area contributed by atoms with Crippen molar-refractivity contribution in [2.75, 3.05) is 0 Å². The smallest absolute Gasteiger partial charge is 0.00508 e. The summed E-state index contributed by atoms with van der Waals surface area (Å²) < 4.78 is 0. The SMILES string of the molecule is [CH]1C=CC=C(c2cc(-c3ccccc3)cc(-c3c4ccccc4c(C4C=CC(c5c6ccccc6c(-c6cc(-c7ccccc7)cc(-c7ccccc7)c6)c6ccccc56)CC4)c4ccccc34)c2)C=C1. The topological polar surface area (TPSA) is 0 Å². The lowest BCUT2D eigenvalue weighted by atomic mass is 9.75. The second kappa shape index (κ2) is 18.4. The molecular formula is C71H51. The molecule has 0 N–H and O–H groups in total. The molecule has 0 bridgehead atoms. The number of rotatable bonds is 8. The fourth-order valence-electron chi connectivity index (χ4n) is 11.8. The van der Waals surface area contributed by atoms with E-state index >= 15 is 0 Å². The molecule has 0 nitrogen and oxygen atoms in total. The van der Waals surface area contributed by atoms with Crippen LogP contribution < -0.4 is 0 Å². The van der Waals surface area contributed by atoms with E-state index in [-0.39, 0.29) is 11.8 Å². The molecule has 0 fully saturated rings. The van der Waals surface area contributed by atoms with Crippen LogP contribution in [-0.4, -0.2) is 0 Å². The average molecular weight is 904 g/mol. The standard InChI is InChI=1S/C71H51/c1-2-7-23-48(22-6-1)54-42-55(49-24-8-3-9-25-49)45-58(44-54)70-64-34-18-14-30-60(64)68(61-31-15-19-35-65(61)70)52-38-40-53(41-39-52)69-62-32-16-20-36-66(62)71(67-37-21-17-33-63(67)69)59-46-56(50-26-10-4-11-27-50)43-57(47-59)51-28-12-5-13-29-51/h1-38,40,42-47,52-53H,39,41H2. The fraction of sp³-hybridized carbons (Fsp3) is 0.0563. The van der Waals surface area contributed by atoms with Crippen LogP contribution in [0.1, 0.15) is 41.4 Å². The summed E-state index contributed by atoms with van der Waals surface area (Å²) in [4.78, 5) is 0. The van der Waals surface area contributed by atoms with Crippen molar-refractivity contribution < 1.29 is 0 Å². The summed E-state index contributed by atoms with van der Waals surface area (Å²) in [6.45, 7) is 0. The van der Waals surface area contributed by atoms with Crippen molar-refractivity contribution in [2.24, 2.45) is 0 Å². The van der Waals surface area contributed by atoms with Gasteiger partial charge in [0, 0.05) is 18.3 Å². The maximum Gasteiger partial charge on any atom is 0.00508 e. The molecule has 13 rings (SSSR count). The predicted octanol–water partition coefficient (Wildman–Crippen LogP) is 19.6. The summed E-state index contributed by atoms with van der Waals surface area (Å²) in [6, 6.07) is 83.5. The van der Waals surface area contributed by atoms with Gasteiger partial charge in [-0.1, -0.05) is 231 Å². The molecule has 1 radical (unpaired) electrons. The Balaban J connectivity index is 0.945. The van der Waals surface area contributed by atoms with Crippen LogP contribution in [0.4, 0.5) is 0 Å². The highest BCUT2D eigenvalue weighted by Crippen LogP contribution is 2.50. The Labute approximate surface area is 416 Å². The molecule has 0 spiro atoms. The van der Waals surface area contributed by atoms with E-state index in [9.17, 15) is 0 Å². The Morgan fingerprint density at radius 3 is 0.972 bits per heavy atom. The first-order valence-corrected chi connectivity index (χ1v) is 25.1. The summed E-state index contributed by atoms with van der Waals surface area (Å²) in [5, 5.41) is 10.5. The average Bonchev–Trinajstić information content (AvgIpc) is 3.75. The lowest BCUT2D eigenvalue weighted by Crippen LogP contribution is -2.09. The third-order valence-electron chi connectivity index (χ3n) is 15.0. The van der Waals surface area contributed by atoms with E-state index in [1.165, 1.54) is 121 Å². The molecule has 2 aliphatic carbocycles. The summed E-state index contributed by atoms with van der Waals surface area (Å²) in [7, 11) is 0. The van der Waals surface area contributed by atoms with Gasteiger partial charge in [-0.25, -0.2) is 0 Å². The third kappa shape index (κ3) is 7.83. The molecule has 11 aromatic rings. The van der Waals surface area contributed by atoms with Gasteiger partial charge in [0.1, 0.15) is 0 Å². The number of hydrogen-bond donors (Lipinski definition) is 0. The Hall–Kier alpha value is -8.58. The van der Waals surface area contributed by atoms with Crippen LogP contribution in [-0.2, 0) is 0 Å². The van der Waals surface area contributed by atoms with Crippen molar-refractivity contribution in [1.82, 2.24) is 0 Å². The zero-order valence-corrected chi connectivity index (χ0v) is 39.5. The molecular weight excluding hydrogens is 853 g/mol. The van der Waals surface area contributed by atoms with E-state index in [1.54, 1.807) is 0 Å². The molecule has 71 heavy (non-hydrogen) atoms. The maximum atomic E-state index is 2.55. The highest BCUT2D eigenvalue weighted by Gasteiger charge is 2.27. The van der Waals surface area contributed by atoms with E-state index in [0.717, 1.165) is 12.8 Å². The van der Waals surface area contributed by atoms with Gasteiger partial charge in [-0.3, -0.25) is 0 Å². The number of fused-ring (bicyclic) bond motifs is 4. The van der Waals surface area contributed by atoms with Gasteiger partial charge < -0.3 is 0 Å². The van der Waals surface area contributed by atoms with E-state index in [0.29, 0.717) is 0 Å². The molecule has 0 aromatic heterocycles. The zero-order valence-electron chi connectivity index (χ0n) is 39.5. The van der Waals surface area contributed by atoms with Gasteiger partial charge in [-0.15, -0.1) is 0 Å². The summed E-state index contributed by atoms with van der Waals surface area (Å²) in [5.74, 6) is 0.529. The van der Waals surface area contributed by atoms with Crippen molar-refractivity contribution >= 4 is 48.7 Å². The van der Waals surface area contributed by atoms with Crippen molar-refractivity contribution in [3.05, 3.63) is 290 Å². The minimum absolute atomic E-state index is 0.263.